The molecular formula is C21H23N3O4S. The zero-order valence-electron chi connectivity index (χ0n) is 16.3. The van der Waals surface area contributed by atoms with Gasteiger partial charge in [-0.3, -0.25) is 4.79 Å². The quantitative estimate of drug-likeness (QED) is 0.592. The molecule has 2 aromatic carbocycles. The Labute approximate surface area is 172 Å². The van der Waals surface area contributed by atoms with Gasteiger partial charge in [-0.15, -0.1) is 11.3 Å². The molecule has 8 heteroatoms. The molecule has 0 atom stereocenters. The summed E-state index contributed by atoms with van der Waals surface area (Å²) in [4.78, 5) is 17.2. The van der Waals surface area contributed by atoms with Crippen LogP contribution >= 0.6 is 11.3 Å². The van der Waals surface area contributed by atoms with Crippen LogP contribution in [0.15, 0.2) is 52.8 Å². The molecule has 0 fully saturated rings. The van der Waals surface area contributed by atoms with Crippen LogP contribution in [0.3, 0.4) is 0 Å². The number of primary amides is 1. The van der Waals surface area contributed by atoms with E-state index in [1.54, 1.807) is 19.2 Å². The normalized spacial score (nSPS) is 11.6. The summed E-state index contributed by atoms with van der Waals surface area (Å²) < 4.78 is 12.9. The summed E-state index contributed by atoms with van der Waals surface area (Å²) >= 11 is 1.47. The first-order valence-corrected chi connectivity index (χ1v) is 10.00. The number of amides is 1. The van der Waals surface area contributed by atoms with Gasteiger partial charge in [0, 0.05) is 24.6 Å². The van der Waals surface area contributed by atoms with Crippen molar-refractivity contribution in [3.63, 3.8) is 0 Å². The van der Waals surface area contributed by atoms with E-state index in [0.29, 0.717) is 25.5 Å². The summed E-state index contributed by atoms with van der Waals surface area (Å²) in [5.74, 6) is -0.113. The molecule has 7 nitrogen and oxygen atoms in total. The van der Waals surface area contributed by atoms with E-state index in [1.165, 1.54) is 17.4 Å². The summed E-state index contributed by atoms with van der Waals surface area (Å²) in [5, 5.41) is 11.8. The molecule has 0 aliphatic rings. The lowest BCUT2D eigenvalue weighted by atomic mass is 10.1. The Morgan fingerprint density at radius 2 is 2.07 bits per heavy atom. The molecule has 29 heavy (non-hydrogen) atoms. The van der Waals surface area contributed by atoms with E-state index >= 15 is 0 Å². The van der Waals surface area contributed by atoms with Gasteiger partial charge in [0.2, 0.25) is 0 Å². The third-order valence-corrected chi connectivity index (χ3v) is 5.12. The molecule has 0 saturated carbocycles. The highest BCUT2D eigenvalue weighted by Gasteiger charge is 2.14. The summed E-state index contributed by atoms with van der Waals surface area (Å²) in [5.41, 5.74) is 7.79. The van der Waals surface area contributed by atoms with Crippen LogP contribution in [0.1, 0.15) is 17.3 Å². The molecular weight excluding hydrogens is 390 g/mol. The highest BCUT2D eigenvalue weighted by Crippen LogP contribution is 2.29. The number of hydrogen-bond acceptors (Lipinski definition) is 6. The Hall–Kier alpha value is -3.10. The van der Waals surface area contributed by atoms with Gasteiger partial charge < -0.3 is 24.9 Å². The lowest BCUT2D eigenvalue weighted by Crippen LogP contribution is -2.19. The number of phenols is 1. The minimum Gasteiger partial charge on any atom is -0.507 e. The number of carbonyl (C=O) groups is 1. The van der Waals surface area contributed by atoms with Crippen molar-refractivity contribution in [2.75, 3.05) is 20.3 Å². The topological polar surface area (TPSA) is 99.1 Å². The monoisotopic (exact) mass is 413 g/mol. The molecule has 0 unspecified atom stereocenters. The first-order valence-electron chi connectivity index (χ1n) is 9.12. The minimum atomic E-state index is -0.682. The van der Waals surface area contributed by atoms with Gasteiger partial charge >= 0.3 is 0 Å². The largest absolute Gasteiger partial charge is 0.507 e. The number of thiazole rings is 1. The number of aromatic nitrogens is 1. The summed E-state index contributed by atoms with van der Waals surface area (Å²) in [7, 11) is 1.64. The van der Waals surface area contributed by atoms with Crippen molar-refractivity contribution in [1.82, 2.24) is 4.57 Å². The third kappa shape index (κ3) is 4.67. The molecule has 0 aliphatic carbocycles. The van der Waals surface area contributed by atoms with Crippen LogP contribution < -0.4 is 15.3 Å². The van der Waals surface area contributed by atoms with Crippen molar-refractivity contribution in [2.24, 2.45) is 10.7 Å². The molecule has 1 aromatic heterocycles. The second kappa shape index (κ2) is 9.40. The van der Waals surface area contributed by atoms with Crippen molar-refractivity contribution < 1.29 is 19.4 Å². The molecule has 3 aromatic rings. The van der Waals surface area contributed by atoms with E-state index in [4.69, 9.17) is 20.2 Å². The smallest absolute Gasteiger partial charge is 0.252 e. The van der Waals surface area contributed by atoms with E-state index in [9.17, 15) is 9.90 Å². The van der Waals surface area contributed by atoms with Crippen molar-refractivity contribution in [3.8, 4) is 22.8 Å². The standard InChI is InChI=1S/C21H23N3O4S/c1-3-28-19-7-5-4-6-16(19)23-21-24(10-11-27-2)17(13-29-21)14-8-9-18(25)15(12-14)20(22)26/h4-9,12-13,25H,3,10-11H2,1-2H3,(H2,22,26). The number of para-hydroxylation sites is 2. The van der Waals surface area contributed by atoms with Crippen LogP contribution in [0.25, 0.3) is 11.3 Å². The van der Waals surface area contributed by atoms with E-state index in [-0.39, 0.29) is 11.3 Å². The third-order valence-electron chi connectivity index (χ3n) is 4.26. The fourth-order valence-electron chi connectivity index (χ4n) is 2.87. The van der Waals surface area contributed by atoms with Crippen LogP contribution in [0.4, 0.5) is 5.69 Å². The SMILES string of the molecule is CCOc1ccccc1N=c1scc(-c2ccc(O)c(C(N)=O)c2)n1CCOC. The average Bonchev–Trinajstić information content (AvgIpc) is 3.10. The van der Waals surface area contributed by atoms with Crippen LogP contribution in [0, 0.1) is 0 Å². The zero-order chi connectivity index (χ0) is 20.8. The van der Waals surface area contributed by atoms with Crippen molar-refractivity contribution >= 4 is 22.9 Å². The second-order valence-electron chi connectivity index (χ2n) is 6.16. The Bertz CT molecular complexity index is 1070. The molecule has 0 aliphatic heterocycles. The Morgan fingerprint density at radius 1 is 1.28 bits per heavy atom. The molecule has 3 rings (SSSR count). The van der Waals surface area contributed by atoms with Crippen LogP contribution in [-0.4, -0.2) is 35.9 Å². The molecule has 3 N–H and O–H groups in total. The Morgan fingerprint density at radius 3 is 2.79 bits per heavy atom. The second-order valence-corrected chi connectivity index (χ2v) is 6.99. The molecule has 1 heterocycles. The van der Waals surface area contributed by atoms with Crippen LogP contribution in [0.2, 0.25) is 0 Å². The highest BCUT2D eigenvalue weighted by atomic mass is 32.1. The molecule has 1 amide bonds. The van der Waals surface area contributed by atoms with Gasteiger partial charge in [0.25, 0.3) is 5.91 Å². The molecule has 0 radical (unpaired) electrons. The number of ether oxygens (including phenoxy) is 2. The number of methoxy groups -OCH3 is 1. The van der Waals surface area contributed by atoms with Crippen molar-refractivity contribution in [2.45, 2.75) is 13.5 Å². The lowest BCUT2D eigenvalue weighted by Gasteiger charge is -2.11. The van der Waals surface area contributed by atoms with Gasteiger partial charge in [0.15, 0.2) is 4.80 Å². The van der Waals surface area contributed by atoms with Gasteiger partial charge in [0.1, 0.15) is 17.2 Å². The van der Waals surface area contributed by atoms with Crippen molar-refractivity contribution in [1.29, 1.82) is 0 Å². The summed E-state index contributed by atoms with van der Waals surface area (Å²) in [6.45, 7) is 3.54. The van der Waals surface area contributed by atoms with Gasteiger partial charge in [0.05, 0.1) is 24.5 Å². The number of carbonyl (C=O) groups excluding carboxylic acids is 1. The number of benzene rings is 2. The summed E-state index contributed by atoms with van der Waals surface area (Å²) in [6.07, 6.45) is 0. The van der Waals surface area contributed by atoms with E-state index in [2.05, 4.69) is 0 Å². The van der Waals surface area contributed by atoms with Gasteiger partial charge in [-0.2, -0.15) is 0 Å². The zero-order valence-corrected chi connectivity index (χ0v) is 17.1. The number of nitrogens with two attached hydrogens (primary N) is 1. The van der Waals surface area contributed by atoms with Gasteiger partial charge in [-0.05, 0) is 37.3 Å². The maximum absolute atomic E-state index is 11.6. The molecule has 152 valence electrons. The Balaban J connectivity index is 2.14. The number of hydrogen-bond donors (Lipinski definition) is 2. The van der Waals surface area contributed by atoms with Gasteiger partial charge in [-0.1, -0.05) is 12.1 Å². The fourth-order valence-corrected chi connectivity index (χ4v) is 3.82. The molecule has 0 spiro atoms. The van der Waals surface area contributed by atoms with E-state index in [0.717, 1.165) is 21.7 Å². The van der Waals surface area contributed by atoms with E-state index in [1.807, 2.05) is 41.1 Å². The molecule has 0 bridgehead atoms. The number of nitrogens with zero attached hydrogens (tertiary/aromatic N) is 2. The first kappa shape index (κ1) is 20.6. The van der Waals surface area contributed by atoms with Crippen LogP contribution in [0.5, 0.6) is 11.5 Å². The van der Waals surface area contributed by atoms with E-state index < -0.39 is 5.91 Å². The average molecular weight is 413 g/mol. The van der Waals surface area contributed by atoms with Crippen LogP contribution in [-0.2, 0) is 11.3 Å². The number of rotatable bonds is 8. The predicted octanol–water partition coefficient (Wildman–Crippen LogP) is 3.30. The fraction of sp³-hybridized carbons (Fsp3) is 0.238. The maximum atomic E-state index is 11.6. The number of aromatic hydroxyl groups is 1. The first-order chi connectivity index (χ1) is 14.0. The van der Waals surface area contributed by atoms with Gasteiger partial charge in [-0.25, -0.2) is 4.99 Å². The predicted molar refractivity (Wildman–Crippen MR) is 113 cm³/mol. The lowest BCUT2D eigenvalue weighted by molar-refractivity contribution is 0.0998. The Kier molecular flexibility index (Phi) is 6.69. The summed E-state index contributed by atoms with van der Waals surface area (Å²) in [6, 6.07) is 12.4. The van der Waals surface area contributed by atoms with Crippen molar-refractivity contribution in [3.05, 3.63) is 58.2 Å². The minimum absolute atomic E-state index is 0.0761. The molecule has 0 saturated heterocycles. The maximum Gasteiger partial charge on any atom is 0.252 e. The highest BCUT2D eigenvalue weighted by molar-refractivity contribution is 7.07.